The Morgan fingerprint density at radius 3 is 2.79 bits per heavy atom. The molecule has 19 heavy (non-hydrogen) atoms. The van der Waals surface area contributed by atoms with E-state index in [0.29, 0.717) is 21.7 Å². The first-order chi connectivity index (χ1) is 9.01. The standard InChI is InChI=1S/C13H14BrClFN3/c1-3-19-10(4-8(2)18-19)7-17-13-11(14)5-9(16)6-12(13)15/h4-6,17H,3,7H2,1-2H3. The number of nitrogens with one attached hydrogen (secondary N) is 1. The number of nitrogens with zero attached hydrogens (tertiary/aromatic N) is 2. The summed E-state index contributed by atoms with van der Waals surface area (Å²) in [7, 11) is 0. The molecule has 1 heterocycles. The van der Waals surface area contributed by atoms with Crippen LogP contribution in [0.3, 0.4) is 0 Å². The predicted octanol–water partition coefficient (Wildman–Crippen LogP) is 4.38. The molecule has 3 nitrogen and oxygen atoms in total. The molecule has 0 spiro atoms. The molecule has 0 radical (unpaired) electrons. The maximum absolute atomic E-state index is 13.1. The largest absolute Gasteiger partial charge is 0.377 e. The van der Waals surface area contributed by atoms with Gasteiger partial charge in [0.2, 0.25) is 0 Å². The quantitative estimate of drug-likeness (QED) is 0.890. The van der Waals surface area contributed by atoms with Gasteiger partial charge in [-0.05, 0) is 48.0 Å². The lowest BCUT2D eigenvalue weighted by Gasteiger charge is -2.11. The molecular weight excluding hydrogens is 333 g/mol. The van der Waals surface area contributed by atoms with Crippen LogP contribution in [0.15, 0.2) is 22.7 Å². The minimum Gasteiger partial charge on any atom is -0.377 e. The minimum atomic E-state index is -0.364. The zero-order chi connectivity index (χ0) is 14.0. The van der Waals surface area contributed by atoms with Crippen LogP contribution in [0.2, 0.25) is 5.02 Å². The van der Waals surface area contributed by atoms with Crippen molar-refractivity contribution in [2.45, 2.75) is 26.9 Å². The third-order valence-corrected chi connectivity index (χ3v) is 3.66. The molecule has 2 rings (SSSR count). The number of halogens is 3. The monoisotopic (exact) mass is 345 g/mol. The van der Waals surface area contributed by atoms with Crippen molar-refractivity contribution in [2.24, 2.45) is 0 Å². The normalized spacial score (nSPS) is 10.8. The summed E-state index contributed by atoms with van der Waals surface area (Å²) in [4.78, 5) is 0. The second-order valence-electron chi connectivity index (χ2n) is 4.19. The Morgan fingerprint density at radius 2 is 2.16 bits per heavy atom. The Labute approximate surface area is 124 Å². The van der Waals surface area contributed by atoms with E-state index in [-0.39, 0.29) is 5.82 Å². The van der Waals surface area contributed by atoms with Gasteiger partial charge in [0, 0.05) is 11.0 Å². The summed E-state index contributed by atoms with van der Waals surface area (Å²) in [6.07, 6.45) is 0. The van der Waals surface area contributed by atoms with E-state index >= 15 is 0 Å². The molecule has 0 aliphatic heterocycles. The fourth-order valence-corrected chi connectivity index (χ4v) is 2.86. The molecule has 0 amide bonds. The second-order valence-corrected chi connectivity index (χ2v) is 5.45. The Balaban J connectivity index is 2.19. The average Bonchev–Trinajstić information content (AvgIpc) is 2.68. The van der Waals surface area contributed by atoms with Gasteiger partial charge >= 0.3 is 0 Å². The molecule has 1 aromatic heterocycles. The van der Waals surface area contributed by atoms with Crippen LogP contribution in [0.5, 0.6) is 0 Å². The van der Waals surface area contributed by atoms with Gasteiger partial charge in [0.05, 0.1) is 28.6 Å². The Kier molecular flexibility index (Phi) is 4.47. The van der Waals surface area contributed by atoms with Crippen molar-refractivity contribution in [1.82, 2.24) is 9.78 Å². The number of benzene rings is 1. The topological polar surface area (TPSA) is 29.9 Å². The third kappa shape index (κ3) is 3.28. The summed E-state index contributed by atoms with van der Waals surface area (Å²) >= 11 is 9.33. The fraction of sp³-hybridized carbons (Fsp3) is 0.308. The molecule has 0 unspecified atom stereocenters. The van der Waals surface area contributed by atoms with E-state index in [1.807, 2.05) is 24.6 Å². The summed E-state index contributed by atoms with van der Waals surface area (Å²) in [6, 6.07) is 4.69. The van der Waals surface area contributed by atoms with E-state index in [1.54, 1.807) is 0 Å². The first-order valence-corrected chi connectivity index (χ1v) is 7.10. The number of aryl methyl sites for hydroxylation is 2. The van der Waals surface area contributed by atoms with E-state index in [2.05, 4.69) is 26.3 Å². The van der Waals surface area contributed by atoms with Gasteiger partial charge in [0.1, 0.15) is 5.82 Å². The summed E-state index contributed by atoms with van der Waals surface area (Å²) < 4.78 is 15.7. The van der Waals surface area contributed by atoms with Crippen LogP contribution in [0.4, 0.5) is 10.1 Å². The molecule has 102 valence electrons. The van der Waals surface area contributed by atoms with Gasteiger partial charge in [-0.25, -0.2) is 4.39 Å². The van der Waals surface area contributed by atoms with Crippen LogP contribution in [0.1, 0.15) is 18.3 Å². The molecule has 0 aliphatic rings. The first-order valence-electron chi connectivity index (χ1n) is 5.93. The lowest BCUT2D eigenvalue weighted by Crippen LogP contribution is -2.08. The molecule has 0 fully saturated rings. The highest BCUT2D eigenvalue weighted by Crippen LogP contribution is 2.32. The van der Waals surface area contributed by atoms with Gasteiger partial charge in [-0.1, -0.05) is 11.6 Å². The lowest BCUT2D eigenvalue weighted by molar-refractivity contribution is 0.622. The average molecular weight is 347 g/mol. The van der Waals surface area contributed by atoms with E-state index in [0.717, 1.165) is 17.9 Å². The molecule has 1 aromatic carbocycles. The van der Waals surface area contributed by atoms with Crippen LogP contribution in [-0.2, 0) is 13.1 Å². The van der Waals surface area contributed by atoms with Crippen LogP contribution in [-0.4, -0.2) is 9.78 Å². The Hall–Kier alpha value is -1.07. The number of hydrogen-bond donors (Lipinski definition) is 1. The molecular formula is C13H14BrClFN3. The molecule has 1 N–H and O–H groups in total. The van der Waals surface area contributed by atoms with Gasteiger partial charge in [0.25, 0.3) is 0 Å². The summed E-state index contributed by atoms with van der Waals surface area (Å²) in [5, 5.41) is 7.93. The number of rotatable bonds is 4. The fourth-order valence-electron chi connectivity index (χ4n) is 1.91. The van der Waals surface area contributed by atoms with Crippen molar-refractivity contribution in [3.05, 3.63) is 44.9 Å². The van der Waals surface area contributed by atoms with Crippen molar-refractivity contribution in [1.29, 1.82) is 0 Å². The maximum Gasteiger partial charge on any atom is 0.125 e. The van der Waals surface area contributed by atoms with Gasteiger partial charge in [-0.15, -0.1) is 0 Å². The predicted molar refractivity (Wildman–Crippen MR) is 79.1 cm³/mol. The van der Waals surface area contributed by atoms with E-state index in [1.165, 1.54) is 12.1 Å². The number of aromatic nitrogens is 2. The third-order valence-electron chi connectivity index (χ3n) is 2.74. The highest BCUT2D eigenvalue weighted by atomic mass is 79.9. The zero-order valence-corrected chi connectivity index (χ0v) is 13.0. The van der Waals surface area contributed by atoms with E-state index in [4.69, 9.17) is 11.6 Å². The van der Waals surface area contributed by atoms with E-state index in [9.17, 15) is 4.39 Å². The minimum absolute atomic E-state index is 0.353. The zero-order valence-electron chi connectivity index (χ0n) is 10.7. The summed E-state index contributed by atoms with van der Waals surface area (Å²) in [6.45, 7) is 5.38. The SMILES string of the molecule is CCn1nc(C)cc1CNc1c(Cl)cc(F)cc1Br. The highest BCUT2D eigenvalue weighted by Gasteiger charge is 2.09. The molecule has 0 aliphatic carbocycles. The number of anilines is 1. The van der Waals surface area contributed by atoms with Gasteiger partial charge in [-0.3, -0.25) is 4.68 Å². The molecule has 0 saturated carbocycles. The lowest BCUT2D eigenvalue weighted by atomic mass is 10.3. The maximum atomic E-state index is 13.1. The second kappa shape index (κ2) is 5.92. The van der Waals surface area contributed by atoms with Crippen molar-refractivity contribution in [3.63, 3.8) is 0 Å². The van der Waals surface area contributed by atoms with Crippen LogP contribution < -0.4 is 5.32 Å². The molecule has 2 aromatic rings. The van der Waals surface area contributed by atoms with Crippen molar-refractivity contribution < 1.29 is 4.39 Å². The molecule has 0 bridgehead atoms. The molecule has 6 heteroatoms. The molecule has 0 saturated heterocycles. The van der Waals surface area contributed by atoms with E-state index < -0.39 is 0 Å². The van der Waals surface area contributed by atoms with Crippen molar-refractivity contribution in [2.75, 3.05) is 5.32 Å². The van der Waals surface area contributed by atoms with Crippen molar-refractivity contribution >= 4 is 33.2 Å². The number of hydrogen-bond acceptors (Lipinski definition) is 2. The highest BCUT2D eigenvalue weighted by molar-refractivity contribution is 9.10. The molecule has 0 atom stereocenters. The summed E-state index contributed by atoms with van der Waals surface area (Å²) in [5.41, 5.74) is 2.72. The van der Waals surface area contributed by atoms with Gasteiger partial charge in [0.15, 0.2) is 0 Å². The van der Waals surface area contributed by atoms with Crippen LogP contribution >= 0.6 is 27.5 Å². The Bertz CT molecular complexity index is 575. The smallest absolute Gasteiger partial charge is 0.125 e. The van der Waals surface area contributed by atoms with Gasteiger partial charge < -0.3 is 5.32 Å². The summed E-state index contributed by atoms with van der Waals surface area (Å²) in [5.74, 6) is -0.364. The van der Waals surface area contributed by atoms with Crippen LogP contribution in [0, 0.1) is 12.7 Å². The first kappa shape index (κ1) is 14.3. The van der Waals surface area contributed by atoms with Gasteiger partial charge in [-0.2, -0.15) is 5.10 Å². The Morgan fingerprint density at radius 1 is 1.42 bits per heavy atom. The van der Waals surface area contributed by atoms with Crippen LogP contribution in [0.25, 0.3) is 0 Å². The van der Waals surface area contributed by atoms with Crippen molar-refractivity contribution in [3.8, 4) is 0 Å².